The molecule has 3 atom stereocenters. The fourth-order valence-electron chi connectivity index (χ4n) is 0.676. The summed E-state index contributed by atoms with van der Waals surface area (Å²) in [6.07, 6.45) is -6.34. The summed E-state index contributed by atoms with van der Waals surface area (Å²) in [4.78, 5) is 0. The van der Waals surface area contributed by atoms with E-state index in [0.29, 0.717) is 0 Å². The maximum Gasteiger partial charge on any atom is 0.157 e. The first-order valence-electron chi connectivity index (χ1n) is 3.62. The van der Waals surface area contributed by atoms with Crippen molar-refractivity contribution in [3.05, 3.63) is 0 Å². The summed E-state index contributed by atoms with van der Waals surface area (Å²) in [5, 5.41) is 26.5. The molecule has 1 saturated heterocycles. The summed E-state index contributed by atoms with van der Waals surface area (Å²) in [5.41, 5.74) is 0. The van der Waals surface area contributed by atoms with Crippen molar-refractivity contribution in [3.8, 4) is 0 Å². The number of aliphatic hydroxyl groups is 3. The van der Waals surface area contributed by atoms with E-state index in [0.717, 1.165) is 0 Å². The van der Waals surface area contributed by atoms with Crippen LogP contribution in [0.2, 0.25) is 0 Å². The fraction of sp³-hybridized carbons (Fsp3) is 1.00. The molecule has 0 aliphatic carbocycles. The molecule has 1 aliphatic rings. The first-order valence-corrected chi connectivity index (χ1v) is 2.62. The predicted molar refractivity (Wildman–Crippen MR) is 28.6 cm³/mol. The van der Waals surface area contributed by atoms with Crippen LogP contribution in [0.5, 0.6) is 0 Å². The maximum absolute atomic E-state index is 9.07. The Bertz CT molecular complexity index is 151. The van der Waals surface area contributed by atoms with E-state index in [2.05, 4.69) is 4.74 Å². The number of hydrogen-bond acceptors (Lipinski definition) is 4. The maximum atomic E-state index is 9.07. The Morgan fingerprint density at radius 1 is 1.67 bits per heavy atom. The van der Waals surface area contributed by atoms with E-state index in [9.17, 15) is 0 Å². The average Bonchev–Trinajstić information content (AvgIpc) is 2.14. The zero-order chi connectivity index (χ0) is 8.65. The van der Waals surface area contributed by atoms with Gasteiger partial charge >= 0.3 is 0 Å². The van der Waals surface area contributed by atoms with Gasteiger partial charge in [-0.1, -0.05) is 0 Å². The minimum absolute atomic E-state index is 0.502. The molecule has 0 amide bonds. The van der Waals surface area contributed by atoms with Crippen LogP contribution in [0.4, 0.5) is 0 Å². The van der Waals surface area contributed by atoms with Crippen LogP contribution in [0, 0.1) is 0 Å². The summed E-state index contributed by atoms with van der Waals surface area (Å²) < 4.78 is 18.6. The minimum atomic E-state index is -2.19. The highest BCUT2D eigenvalue weighted by molar-refractivity contribution is 4.75. The van der Waals surface area contributed by atoms with Gasteiger partial charge in [0.2, 0.25) is 0 Å². The molecule has 3 N–H and O–H groups in total. The van der Waals surface area contributed by atoms with E-state index in [1.807, 2.05) is 0 Å². The average molecular weight is 136 g/mol. The molecule has 1 unspecified atom stereocenters. The van der Waals surface area contributed by atoms with Crippen molar-refractivity contribution >= 4 is 0 Å². The second kappa shape index (κ2) is 2.62. The number of rotatable bonds is 1. The zero-order valence-electron chi connectivity index (χ0n) is 6.69. The third-order valence-electron chi connectivity index (χ3n) is 1.15. The topological polar surface area (TPSA) is 69.9 Å². The van der Waals surface area contributed by atoms with E-state index in [4.69, 9.17) is 18.1 Å². The summed E-state index contributed by atoms with van der Waals surface area (Å²) >= 11 is 0. The third kappa shape index (κ3) is 1.40. The molecule has 1 aliphatic heterocycles. The van der Waals surface area contributed by atoms with Gasteiger partial charge in [0.1, 0.15) is 6.10 Å². The fourth-order valence-corrected chi connectivity index (χ4v) is 0.676. The molecule has 0 spiro atoms. The van der Waals surface area contributed by atoms with E-state index in [1.165, 1.54) is 0 Å². The molecule has 1 fully saturated rings. The van der Waals surface area contributed by atoms with Crippen molar-refractivity contribution < 1.29 is 22.8 Å². The van der Waals surface area contributed by atoms with Gasteiger partial charge in [-0.25, -0.2) is 0 Å². The molecule has 0 radical (unpaired) electrons. The molecule has 54 valence electrons. The Morgan fingerprint density at radius 3 is 2.56 bits per heavy atom. The van der Waals surface area contributed by atoms with Crippen molar-refractivity contribution in [1.82, 2.24) is 0 Å². The van der Waals surface area contributed by atoms with Gasteiger partial charge in [-0.3, -0.25) is 0 Å². The van der Waals surface area contributed by atoms with Gasteiger partial charge in [0.15, 0.2) is 6.29 Å². The van der Waals surface area contributed by atoms with E-state index in [-0.39, 0.29) is 0 Å². The smallest absolute Gasteiger partial charge is 0.157 e. The van der Waals surface area contributed by atoms with Crippen molar-refractivity contribution in [3.63, 3.8) is 0 Å². The van der Waals surface area contributed by atoms with Crippen molar-refractivity contribution in [2.75, 3.05) is 6.61 Å². The standard InChI is InChI=1S/C5H10O4/c6-2-4-3(7)1-5(8)9-4/h3-8H,1-2H2/t3-,4+,5?/m0/s1/i1D2. The molecular formula is C5H10O4. The normalized spacial score (nSPS) is 52.6. The third-order valence-corrected chi connectivity index (χ3v) is 1.15. The largest absolute Gasteiger partial charge is 0.394 e. The van der Waals surface area contributed by atoms with Crippen LogP contribution in [0.25, 0.3) is 0 Å². The summed E-state index contributed by atoms with van der Waals surface area (Å²) in [7, 11) is 0. The lowest BCUT2D eigenvalue weighted by Gasteiger charge is -2.08. The van der Waals surface area contributed by atoms with Crippen molar-refractivity contribution in [2.45, 2.75) is 24.9 Å². The van der Waals surface area contributed by atoms with Gasteiger partial charge in [0, 0.05) is 9.11 Å². The van der Waals surface area contributed by atoms with Crippen molar-refractivity contribution in [1.29, 1.82) is 0 Å². The molecule has 1 heterocycles. The molecule has 0 saturated carbocycles. The highest BCUT2D eigenvalue weighted by Gasteiger charge is 2.31. The first-order chi connectivity index (χ1) is 5.00. The molecular weight excluding hydrogens is 124 g/mol. The van der Waals surface area contributed by atoms with E-state index >= 15 is 0 Å². The van der Waals surface area contributed by atoms with E-state index < -0.39 is 31.5 Å². The summed E-state index contributed by atoms with van der Waals surface area (Å²) in [6, 6.07) is 0. The lowest BCUT2D eigenvalue weighted by Crippen LogP contribution is -2.24. The predicted octanol–water partition coefficient (Wildman–Crippen LogP) is -1.55. The molecule has 0 aromatic rings. The van der Waals surface area contributed by atoms with E-state index in [1.54, 1.807) is 0 Å². The quantitative estimate of drug-likeness (QED) is 0.408. The summed E-state index contributed by atoms with van der Waals surface area (Å²) in [5.74, 6) is 0. The lowest BCUT2D eigenvalue weighted by molar-refractivity contribution is -0.107. The molecule has 0 aromatic heterocycles. The highest BCUT2D eigenvalue weighted by atomic mass is 16.6. The zero-order valence-corrected chi connectivity index (χ0v) is 4.69. The molecule has 0 aromatic carbocycles. The van der Waals surface area contributed by atoms with Crippen LogP contribution in [-0.4, -0.2) is 40.4 Å². The van der Waals surface area contributed by atoms with Crippen LogP contribution < -0.4 is 0 Å². The van der Waals surface area contributed by atoms with Crippen LogP contribution in [0.15, 0.2) is 0 Å². The van der Waals surface area contributed by atoms with Crippen LogP contribution >= 0.6 is 0 Å². The molecule has 9 heavy (non-hydrogen) atoms. The number of hydrogen-bond donors (Lipinski definition) is 3. The van der Waals surface area contributed by atoms with Gasteiger partial charge in [-0.2, -0.15) is 0 Å². The Labute approximate surface area is 55.5 Å². The van der Waals surface area contributed by atoms with Gasteiger partial charge in [0.25, 0.3) is 0 Å². The Balaban J connectivity index is 2.71. The number of aliphatic hydroxyl groups excluding tert-OH is 3. The molecule has 4 heteroatoms. The monoisotopic (exact) mass is 136 g/mol. The van der Waals surface area contributed by atoms with Gasteiger partial charge < -0.3 is 20.1 Å². The minimum Gasteiger partial charge on any atom is -0.394 e. The first kappa shape index (κ1) is 4.62. The van der Waals surface area contributed by atoms with Crippen LogP contribution in [-0.2, 0) is 4.74 Å². The van der Waals surface area contributed by atoms with Crippen LogP contribution in [0.1, 0.15) is 9.11 Å². The highest BCUT2D eigenvalue weighted by Crippen LogP contribution is 2.17. The summed E-state index contributed by atoms with van der Waals surface area (Å²) in [6.45, 7) is -0.502. The van der Waals surface area contributed by atoms with Gasteiger partial charge in [-0.15, -0.1) is 0 Å². The molecule has 1 rings (SSSR count). The lowest BCUT2D eigenvalue weighted by atomic mass is 10.2. The SMILES string of the molecule is [2H]C1([2H])C(O)O[C@H](CO)[C@H]1O. The van der Waals surface area contributed by atoms with Gasteiger partial charge in [-0.05, 0) is 0 Å². The Morgan fingerprint density at radius 2 is 2.33 bits per heavy atom. The molecule has 0 bridgehead atoms. The van der Waals surface area contributed by atoms with Crippen LogP contribution in [0.3, 0.4) is 0 Å². The second-order valence-corrected chi connectivity index (χ2v) is 1.82. The van der Waals surface area contributed by atoms with Crippen molar-refractivity contribution in [2.24, 2.45) is 0 Å². The number of ether oxygens (including phenoxy) is 1. The second-order valence-electron chi connectivity index (χ2n) is 1.82. The van der Waals surface area contributed by atoms with Gasteiger partial charge in [0.05, 0.1) is 12.7 Å². The molecule has 4 nitrogen and oxygen atoms in total. The Kier molecular flexibility index (Phi) is 1.34. The Hall–Kier alpha value is -0.160.